The first-order valence-corrected chi connectivity index (χ1v) is 11.4. The predicted molar refractivity (Wildman–Crippen MR) is 122 cm³/mol. The van der Waals surface area contributed by atoms with Gasteiger partial charge in [0.1, 0.15) is 6.54 Å². The molecule has 12 heteroatoms. The van der Waals surface area contributed by atoms with Crippen LogP contribution in [0.15, 0.2) is 48.2 Å². The van der Waals surface area contributed by atoms with Crippen molar-refractivity contribution in [3.05, 3.63) is 59.3 Å². The fraction of sp³-hybridized carbons (Fsp3) is 0.417. The highest BCUT2D eigenvalue weighted by molar-refractivity contribution is 6.03. The van der Waals surface area contributed by atoms with E-state index in [0.29, 0.717) is 26.2 Å². The standard InChI is InChI=1S/C24H26F3N5O4/c1-3-8-32-18-13-31(14-19(34)30-11-9-29(10-12-30)15(2)33)22(35)20(18)21(28-23(32)36)16-6-4-5-7-17(16)24(25,26)27/h3-7,21H,1,8-14H2,2H3,(H,28,36). The number of nitrogens with one attached hydrogen (secondary N) is 1. The zero-order chi connectivity index (χ0) is 26.2. The molecule has 4 rings (SSSR count). The van der Waals surface area contributed by atoms with Gasteiger partial charge in [-0.15, -0.1) is 6.58 Å². The summed E-state index contributed by atoms with van der Waals surface area (Å²) >= 11 is 0. The number of halogens is 3. The summed E-state index contributed by atoms with van der Waals surface area (Å²) in [5.41, 5.74) is -0.946. The summed E-state index contributed by atoms with van der Waals surface area (Å²) in [6.07, 6.45) is -3.25. The van der Waals surface area contributed by atoms with Gasteiger partial charge in [0.25, 0.3) is 5.91 Å². The number of amides is 5. The molecule has 0 radical (unpaired) electrons. The van der Waals surface area contributed by atoms with E-state index in [0.717, 1.165) is 6.07 Å². The van der Waals surface area contributed by atoms with E-state index in [1.807, 2.05) is 0 Å². The first-order valence-electron chi connectivity index (χ1n) is 11.4. The average Bonchev–Trinajstić information content (AvgIpc) is 3.16. The van der Waals surface area contributed by atoms with Gasteiger partial charge in [0, 0.05) is 39.6 Å². The molecular formula is C24H26F3N5O4. The average molecular weight is 505 g/mol. The lowest BCUT2D eigenvalue weighted by atomic mass is 9.91. The zero-order valence-electron chi connectivity index (χ0n) is 19.7. The van der Waals surface area contributed by atoms with Crippen molar-refractivity contribution in [1.82, 2.24) is 24.9 Å². The fourth-order valence-corrected chi connectivity index (χ4v) is 4.77. The number of hydrogen-bond donors (Lipinski definition) is 1. The van der Waals surface area contributed by atoms with Crippen molar-refractivity contribution in [2.24, 2.45) is 0 Å². The maximum absolute atomic E-state index is 13.7. The molecule has 0 aliphatic carbocycles. The van der Waals surface area contributed by atoms with Gasteiger partial charge in [-0.3, -0.25) is 19.3 Å². The van der Waals surface area contributed by atoms with Gasteiger partial charge in [0.15, 0.2) is 0 Å². The lowest BCUT2D eigenvalue weighted by Crippen LogP contribution is -2.52. The third-order valence-electron chi connectivity index (χ3n) is 6.59. The van der Waals surface area contributed by atoms with Crippen molar-refractivity contribution < 1.29 is 32.3 Å². The van der Waals surface area contributed by atoms with Crippen molar-refractivity contribution >= 4 is 23.8 Å². The summed E-state index contributed by atoms with van der Waals surface area (Å²) in [7, 11) is 0. The van der Waals surface area contributed by atoms with E-state index in [1.54, 1.807) is 9.80 Å². The summed E-state index contributed by atoms with van der Waals surface area (Å²) in [5.74, 6) is -1.04. The number of benzene rings is 1. The Morgan fingerprint density at radius 1 is 1.11 bits per heavy atom. The van der Waals surface area contributed by atoms with E-state index >= 15 is 0 Å². The van der Waals surface area contributed by atoms with Gasteiger partial charge in [-0.25, -0.2) is 4.79 Å². The van der Waals surface area contributed by atoms with E-state index in [2.05, 4.69) is 11.9 Å². The Labute approximate surface area is 205 Å². The van der Waals surface area contributed by atoms with E-state index < -0.39 is 29.7 Å². The number of urea groups is 1. The van der Waals surface area contributed by atoms with Crippen molar-refractivity contribution in [3.63, 3.8) is 0 Å². The van der Waals surface area contributed by atoms with Gasteiger partial charge in [-0.05, 0) is 11.6 Å². The van der Waals surface area contributed by atoms with Crippen LogP contribution in [0.4, 0.5) is 18.0 Å². The van der Waals surface area contributed by atoms with E-state index in [9.17, 15) is 32.3 Å². The largest absolute Gasteiger partial charge is 0.416 e. The number of alkyl halides is 3. The minimum Gasteiger partial charge on any atom is -0.339 e. The SMILES string of the molecule is C=CCN1C(=O)NC(c2ccccc2C(F)(F)F)C2=C1CN(CC(=O)N1CCN(C(C)=O)CC1)C2=O. The van der Waals surface area contributed by atoms with Crippen LogP contribution in [0.25, 0.3) is 0 Å². The molecule has 0 spiro atoms. The lowest BCUT2D eigenvalue weighted by Gasteiger charge is -2.35. The molecule has 1 aromatic rings. The first kappa shape index (κ1) is 25.3. The molecule has 3 aliphatic heterocycles. The second-order valence-electron chi connectivity index (χ2n) is 8.78. The molecule has 9 nitrogen and oxygen atoms in total. The summed E-state index contributed by atoms with van der Waals surface area (Å²) < 4.78 is 41.2. The van der Waals surface area contributed by atoms with Crippen LogP contribution < -0.4 is 5.32 Å². The third kappa shape index (κ3) is 4.67. The van der Waals surface area contributed by atoms with Crippen LogP contribution in [0, 0.1) is 0 Å². The predicted octanol–water partition coefficient (Wildman–Crippen LogP) is 1.74. The van der Waals surface area contributed by atoms with E-state index in [1.165, 1.54) is 41.0 Å². The zero-order valence-corrected chi connectivity index (χ0v) is 19.7. The molecule has 1 saturated heterocycles. The summed E-state index contributed by atoms with van der Waals surface area (Å²) in [6, 6.07) is 2.81. The Morgan fingerprint density at radius 2 is 1.75 bits per heavy atom. The third-order valence-corrected chi connectivity index (χ3v) is 6.59. The lowest BCUT2D eigenvalue weighted by molar-refractivity contribution is -0.141. The number of carbonyl (C=O) groups excluding carboxylic acids is 4. The Balaban J connectivity index is 1.61. The highest BCUT2D eigenvalue weighted by Gasteiger charge is 2.46. The number of rotatable bonds is 5. The summed E-state index contributed by atoms with van der Waals surface area (Å²) in [4.78, 5) is 56.5. The van der Waals surface area contributed by atoms with Crippen LogP contribution in [0.1, 0.15) is 24.1 Å². The van der Waals surface area contributed by atoms with Gasteiger partial charge in [0.05, 0.1) is 29.4 Å². The van der Waals surface area contributed by atoms with Gasteiger partial charge in [0.2, 0.25) is 11.8 Å². The summed E-state index contributed by atoms with van der Waals surface area (Å²) in [5, 5.41) is 2.54. The van der Waals surface area contributed by atoms with Crippen molar-refractivity contribution in [2.75, 3.05) is 45.8 Å². The minimum absolute atomic E-state index is 0.00217. The first-order chi connectivity index (χ1) is 17.0. The number of carbonyl (C=O) groups is 4. The Kier molecular flexibility index (Phi) is 6.79. The molecule has 36 heavy (non-hydrogen) atoms. The van der Waals surface area contributed by atoms with Crippen LogP contribution in [-0.2, 0) is 20.6 Å². The van der Waals surface area contributed by atoms with Crippen molar-refractivity contribution in [1.29, 1.82) is 0 Å². The quantitative estimate of drug-likeness (QED) is 0.618. The smallest absolute Gasteiger partial charge is 0.339 e. The van der Waals surface area contributed by atoms with Crippen molar-refractivity contribution in [3.8, 4) is 0 Å². The molecular weight excluding hydrogens is 479 g/mol. The van der Waals surface area contributed by atoms with Gasteiger partial charge in [-0.2, -0.15) is 13.2 Å². The molecule has 5 amide bonds. The fourth-order valence-electron chi connectivity index (χ4n) is 4.77. The van der Waals surface area contributed by atoms with E-state index in [-0.39, 0.29) is 48.3 Å². The molecule has 0 aromatic heterocycles. The molecule has 192 valence electrons. The minimum atomic E-state index is -4.69. The van der Waals surface area contributed by atoms with Crippen LogP contribution in [0.2, 0.25) is 0 Å². The summed E-state index contributed by atoms with van der Waals surface area (Å²) in [6.45, 7) is 6.11. The van der Waals surface area contributed by atoms with E-state index in [4.69, 9.17) is 0 Å². The molecule has 1 unspecified atom stereocenters. The van der Waals surface area contributed by atoms with Gasteiger partial charge in [-0.1, -0.05) is 24.3 Å². The normalized spacial score (nSPS) is 20.5. The van der Waals surface area contributed by atoms with Gasteiger partial charge < -0.3 is 20.0 Å². The molecule has 0 saturated carbocycles. The Morgan fingerprint density at radius 3 is 2.36 bits per heavy atom. The number of hydrogen-bond acceptors (Lipinski definition) is 4. The van der Waals surface area contributed by atoms with Crippen LogP contribution in [-0.4, -0.2) is 89.2 Å². The Bertz CT molecular complexity index is 1140. The Hall–Kier alpha value is -3.83. The second kappa shape index (κ2) is 9.67. The molecule has 3 heterocycles. The molecule has 1 N–H and O–H groups in total. The maximum Gasteiger partial charge on any atom is 0.416 e. The second-order valence-corrected chi connectivity index (χ2v) is 8.78. The highest BCUT2D eigenvalue weighted by atomic mass is 19.4. The highest BCUT2D eigenvalue weighted by Crippen LogP contribution is 2.41. The number of piperazine rings is 1. The van der Waals surface area contributed by atoms with Crippen molar-refractivity contribution in [2.45, 2.75) is 19.1 Å². The molecule has 1 aromatic carbocycles. The van der Waals surface area contributed by atoms with Crippen LogP contribution in [0.5, 0.6) is 0 Å². The topological polar surface area (TPSA) is 93.3 Å². The molecule has 3 aliphatic rings. The molecule has 1 atom stereocenters. The van der Waals surface area contributed by atoms with Gasteiger partial charge >= 0.3 is 12.2 Å². The monoisotopic (exact) mass is 505 g/mol. The number of nitrogens with zero attached hydrogens (tertiary/aromatic N) is 4. The molecule has 1 fully saturated rings. The van der Waals surface area contributed by atoms with Crippen LogP contribution >= 0.6 is 0 Å². The molecule has 0 bridgehead atoms. The van der Waals surface area contributed by atoms with Crippen LogP contribution in [0.3, 0.4) is 0 Å². The maximum atomic E-state index is 13.7.